The van der Waals surface area contributed by atoms with Gasteiger partial charge in [-0.05, 0) is 32.4 Å². The van der Waals surface area contributed by atoms with Crippen LogP contribution in [-0.4, -0.2) is 74.5 Å². The Balaban J connectivity index is 0.00000182. The molecule has 0 bridgehead atoms. The first-order chi connectivity index (χ1) is 11.9. The van der Waals surface area contributed by atoms with Crippen LogP contribution in [-0.2, 0) is 21.1 Å². The number of aromatic nitrogens is 1. The second-order valence-electron chi connectivity index (χ2n) is 6.76. The summed E-state index contributed by atoms with van der Waals surface area (Å²) in [4.78, 5) is 22.7. The fourth-order valence-corrected chi connectivity index (χ4v) is 5.86. The van der Waals surface area contributed by atoms with Crippen molar-refractivity contribution in [2.24, 2.45) is 0 Å². The lowest BCUT2D eigenvalue weighted by molar-refractivity contribution is -0.135. The fraction of sp³-hybridized carbons (Fsp3) is 0.750. The van der Waals surface area contributed by atoms with Crippen LogP contribution in [0.2, 0.25) is 0 Å². The normalized spacial score (nSPS) is 19.8. The Kier molecular flexibility index (Phi) is 8.81. The molecule has 2 aliphatic rings. The first kappa shape index (κ1) is 24.4. The number of hydrogen-bond donors (Lipinski definition) is 1. The number of nitrogens with one attached hydrogen (secondary N) is 1. The third kappa shape index (κ3) is 4.87. The fourth-order valence-electron chi connectivity index (χ4n) is 3.57. The molecule has 0 saturated carbocycles. The zero-order chi connectivity index (χ0) is 18.1. The Morgan fingerprint density at radius 2 is 1.81 bits per heavy atom. The van der Waals surface area contributed by atoms with Crippen LogP contribution in [0.25, 0.3) is 0 Å². The Morgan fingerprint density at radius 3 is 2.30 bits per heavy atom. The Labute approximate surface area is 177 Å². The summed E-state index contributed by atoms with van der Waals surface area (Å²) in [6.07, 6.45) is 4.80. The number of carbonyl (C=O) groups excluding carboxylic acids is 1. The topological polar surface area (TPSA) is 82.6 Å². The molecule has 0 atom stereocenters. The van der Waals surface area contributed by atoms with Crippen molar-refractivity contribution in [1.29, 1.82) is 0 Å². The minimum absolute atomic E-state index is 0. The van der Waals surface area contributed by atoms with E-state index >= 15 is 0 Å². The molecule has 1 amide bonds. The van der Waals surface area contributed by atoms with Gasteiger partial charge in [0.25, 0.3) is 0 Å². The average Bonchev–Trinajstić information content (AvgIpc) is 3.10. The van der Waals surface area contributed by atoms with E-state index in [0.717, 1.165) is 11.6 Å². The van der Waals surface area contributed by atoms with Gasteiger partial charge in [0, 0.05) is 43.5 Å². The predicted octanol–water partition coefficient (Wildman–Crippen LogP) is 1.36. The van der Waals surface area contributed by atoms with E-state index in [-0.39, 0.29) is 30.7 Å². The van der Waals surface area contributed by atoms with E-state index in [1.165, 1.54) is 11.1 Å². The van der Waals surface area contributed by atoms with Gasteiger partial charge >= 0.3 is 0 Å². The molecule has 3 rings (SSSR count). The Morgan fingerprint density at radius 1 is 1.22 bits per heavy atom. The highest BCUT2D eigenvalue weighted by molar-refractivity contribution is 7.92. The maximum absolute atomic E-state index is 13.1. The van der Waals surface area contributed by atoms with Gasteiger partial charge in [0.2, 0.25) is 5.91 Å². The van der Waals surface area contributed by atoms with Gasteiger partial charge in [-0.15, -0.1) is 36.2 Å². The lowest BCUT2D eigenvalue weighted by Crippen LogP contribution is -2.61. The maximum atomic E-state index is 13.1. The quantitative estimate of drug-likeness (QED) is 0.733. The predicted molar refractivity (Wildman–Crippen MR) is 114 cm³/mol. The lowest BCUT2D eigenvalue weighted by atomic mass is 9.95. The number of nitrogens with zero attached hydrogens (tertiary/aromatic N) is 3. The number of thiazole rings is 1. The van der Waals surface area contributed by atoms with E-state index in [1.54, 1.807) is 16.2 Å². The highest BCUT2D eigenvalue weighted by Crippen LogP contribution is 2.31. The summed E-state index contributed by atoms with van der Waals surface area (Å²) in [5.41, 5.74) is 0. The molecule has 7 nitrogen and oxygen atoms in total. The monoisotopic (exact) mass is 458 g/mol. The summed E-state index contributed by atoms with van der Waals surface area (Å²) in [5.74, 6) is -0.218. The van der Waals surface area contributed by atoms with Gasteiger partial charge < -0.3 is 15.1 Å². The van der Waals surface area contributed by atoms with Crippen molar-refractivity contribution in [3.8, 4) is 0 Å². The van der Waals surface area contributed by atoms with Crippen molar-refractivity contribution in [1.82, 2.24) is 15.2 Å². The second-order valence-corrected chi connectivity index (χ2v) is 10.2. The van der Waals surface area contributed by atoms with Crippen LogP contribution in [0.5, 0.6) is 0 Å². The molecule has 1 aromatic rings. The van der Waals surface area contributed by atoms with Gasteiger partial charge in [-0.1, -0.05) is 6.92 Å². The van der Waals surface area contributed by atoms with E-state index < -0.39 is 14.6 Å². The first-order valence-electron chi connectivity index (χ1n) is 8.77. The third-order valence-corrected chi connectivity index (χ3v) is 8.44. The van der Waals surface area contributed by atoms with Gasteiger partial charge in [-0.25, -0.2) is 13.4 Å². The van der Waals surface area contributed by atoms with Crippen molar-refractivity contribution in [2.75, 3.05) is 50.4 Å². The lowest BCUT2D eigenvalue weighted by Gasteiger charge is -2.41. The summed E-state index contributed by atoms with van der Waals surface area (Å²) in [6.45, 7) is 5.73. The van der Waals surface area contributed by atoms with Gasteiger partial charge in [0.1, 0.15) is 0 Å². The molecular weight excluding hydrogens is 431 g/mol. The molecule has 2 saturated heterocycles. The zero-order valence-corrected chi connectivity index (χ0v) is 18.9. The molecule has 27 heavy (non-hydrogen) atoms. The molecular formula is C16H28Cl2N4O3S2. The van der Waals surface area contributed by atoms with Crippen LogP contribution in [0.4, 0.5) is 5.13 Å². The maximum Gasteiger partial charge on any atom is 0.244 e. The Hall–Kier alpha value is -0.610. The molecule has 0 aromatic carbocycles. The molecule has 11 heteroatoms. The van der Waals surface area contributed by atoms with Crippen molar-refractivity contribution in [2.45, 2.75) is 30.9 Å². The number of carbonyl (C=O) groups is 1. The van der Waals surface area contributed by atoms with Crippen molar-refractivity contribution in [3.05, 3.63) is 11.1 Å². The number of aryl methyl sites for hydroxylation is 1. The number of hydrogen-bond acceptors (Lipinski definition) is 7. The molecule has 1 N–H and O–H groups in total. The molecule has 0 spiro atoms. The first-order valence-corrected chi connectivity index (χ1v) is 11.5. The number of amides is 1. The van der Waals surface area contributed by atoms with Crippen LogP contribution in [0.15, 0.2) is 6.20 Å². The van der Waals surface area contributed by atoms with Crippen LogP contribution < -0.4 is 10.2 Å². The molecule has 0 radical (unpaired) electrons. The van der Waals surface area contributed by atoms with Gasteiger partial charge in [0.15, 0.2) is 19.7 Å². The SMILES string of the molecule is CCc1cnc(N2CCN(C(=O)C3(S(C)(=O)=O)CCNCC3)CC2)s1.Cl.Cl. The van der Waals surface area contributed by atoms with Gasteiger partial charge in [-0.3, -0.25) is 4.79 Å². The van der Waals surface area contributed by atoms with E-state index in [1.807, 2.05) is 6.20 Å². The van der Waals surface area contributed by atoms with E-state index in [0.29, 0.717) is 52.1 Å². The highest BCUT2D eigenvalue weighted by atomic mass is 35.5. The largest absolute Gasteiger partial charge is 0.345 e. The minimum atomic E-state index is -3.46. The molecule has 156 valence electrons. The molecule has 1 aromatic heterocycles. The molecule has 2 aliphatic heterocycles. The standard InChI is InChI=1S/C16H26N4O3S2.2ClH/c1-3-13-12-18-15(24-13)20-10-8-19(9-11-20)14(21)16(25(2,22)23)4-6-17-7-5-16;;/h12,17H,3-11H2,1-2H3;2*1H. The van der Waals surface area contributed by atoms with E-state index in [4.69, 9.17) is 0 Å². The van der Waals surface area contributed by atoms with Crippen molar-refractivity contribution >= 4 is 57.0 Å². The minimum Gasteiger partial charge on any atom is -0.345 e. The summed E-state index contributed by atoms with van der Waals surface area (Å²) < 4.78 is 23.6. The van der Waals surface area contributed by atoms with E-state index in [9.17, 15) is 13.2 Å². The molecule has 3 heterocycles. The number of anilines is 1. The summed E-state index contributed by atoms with van der Waals surface area (Å²) in [6, 6.07) is 0. The summed E-state index contributed by atoms with van der Waals surface area (Å²) >= 11 is 1.69. The highest BCUT2D eigenvalue weighted by Gasteiger charge is 2.50. The van der Waals surface area contributed by atoms with Crippen LogP contribution in [0.3, 0.4) is 0 Å². The van der Waals surface area contributed by atoms with E-state index in [2.05, 4.69) is 22.1 Å². The zero-order valence-electron chi connectivity index (χ0n) is 15.6. The average molecular weight is 459 g/mol. The van der Waals surface area contributed by atoms with Crippen molar-refractivity contribution < 1.29 is 13.2 Å². The second kappa shape index (κ2) is 9.73. The summed E-state index contributed by atoms with van der Waals surface area (Å²) in [7, 11) is -3.46. The van der Waals surface area contributed by atoms with Crippen LogP contribution in [0, 0.1) is 0 Å². The number of sulfone groups is 1. The van der Waals surface area contributed by atoms with Gasteiger partial charge in [0.05, 0.1) is 0 Å². The number of piperazine rings is 1. The summed E-state index contributed by atoms with van der Waals surface area (Å²) in [5, 5.41) is 4.14. The molecule has 0 unspecified atom stereocenters. The number of rotatable bonds is 4. The van der Waals surface area contributed by atoms with Gasteiger partial charge in [-0.2, -0.15) is 0 Å². The van der Waals surface area contributed by atoms with Crippen LogP contribution in [0.1, 0.15) is 24.6 Å². The Bertz CT molecular complexity index is 728. The molecule has 0 aliphatic carbocycles. The molecule has 2 fully saturated rings. The number of halogens is 2. The number of piperidine rings is 1. The third-order valence-electron chi connectivity index (χ3n) is 5.24. The van der Waals surface area contributed by atoms with Crippen molar-refractivity contribution in [3.63, 3.8) is 0 Å². The smallest absolute Gasteiger partial charge is 0.244 e. The van der Waals surface area contributed by atoms with Crippen LogP contribution >= 0.6 is 36.2 Å².